The summed E-state index contributed by atoms with van der Waals surface area (Å²) in [4.78, 5) is 0. The molecule has 3 aliphatic carbocycles. The topological polar surface area (TPSA) is 18.5 Å². The van der Waals surface area contributed by atoms with E-state index in [9.17, 15) is 0 Å². The van der Waals surface area contributed by atoms with Crippen molar-refractivity contribution < 1.29 is 8.85 Å². The minimum absolute atomic E-state index is 0.0492. The van der Waals surface area contributed by atoms with Gasteiger partial charge in [-0.05, 0) is 109 Å². The second-order valence-electron chi connectivity index (χ2n) is 18.6. The molecule has 1 saturated carbocycles. The van der Waals surface area contributed by atoms with Crippen molar-refractivity contribution in [2.24, 2.45) is 29.1 Å². The van der Waals surface area contributed by atoms with Crippen molar-refractivity contribution in [3.05, 3.63) is 34.9 Å². The largest absolute Gasteiger partial charge is 0.410 e. The first-order chi connectivity index (χ1) is 20.0. The molecule has 0 aliphatic heterocycles. The van der Waals surface area contributed by atoms with Gasteiger partial charge in [-0.25, -0.2) is 0 Å². The molecule has 44 heavy (non-hydrogen) atoms. The Labute approximate surface area is 276 Å². The molecule has 0 amide bonds. The summed E-state index contributed by atoms with van der Waals surface area (Å²) >= 11 is 0. The lowest BCUT2D eigenvalue weighted by molar-refractivity contribution is 0.108. The van der Waals surface area contributed by atoms with Gasteiger partial charge >= 0.3 is 0 Å². The molecule has 0 unspecified atom stereocenters. The molecule has 0 bridgehead atoms. The highest BCUT2D eigenvalue weighted by Gasteiger charge is 2.50. The first-order valence-corrected chi connectivity index (χ1v) is 23.8. The van der Waals surface area contributed by atoms with E-state index in [1.165, 1.54) is 55.2 Å². The molecule has 0 heterocycles. The molecule has 4 heteroatoms. The molecule has 1 fully saturated rings. The summed E-state index contributed by atoms with van der Waals surface area (Å²) in [7, 11) is -4.06. The second kappa shape index (κ2) is 13.7. The Morgan fingerprint density at radius 1 is 0.932 bits per heavy atom. The van der Waals surface area contributed by atoms with Gasteiger partial charge in [-0.2, -0.15) is 0 Å². The molecular weight excluding hydrogens is 569 g/mol. The van der Waals surface area contributed by atoms with Gasteiger partial charge < -0.3 is 8.85 Å². The Morgan fingerprint density at radius 3 is 2.09 bits per heavy atom. The van der Waals surface area contributed by atoms with Crippen LogP contribution in [-0.2, 0) is 8.85 Å². The fourth-order valence-corrected chi connectivity index (χ4v) is 10.2. The van der Waals surface area contributed by atoms with Crippen molar-refractivity contribution >= 4 is 16.6 Å². The standard InChI is InChI=1S/C40H70O2Si2/c1-28(2)19-17-20-29(3)34-24-25-35-32(21-18-26-40(34,35)12)22-23-33-27-36(41-43(13,14)38(6,7)8)31(5)37(30(33)4)42-44(15,16)39(9,10)11/h21,28-29,34-37H,5,17-20,24-27H2,1-4,6-16H3/t29-,34-,35+,36-,37-,40-/m1/s1. The van der Waals surface area contributed by atoms with Gasteiger partial charge in [0.1, 0.15) is 0 Å². The van der Waals surface area contributed by atoms with Crippen LogP contribution in [0.25, 0.3) is 0 Å². The molecule has 3 aliphatic rings. The Hall–Kier alpha value is -0.866. The van der Waals surface area contributed by atoms with Crippen molar-refractivity contribution in [2.75, 3.05) is 0 Å². The third-order valence-corrected chi connectivity index (χ3v) is 21.7. The number of hydrogen-bond acceptors (Lipinski definition) is 2. The van der Waals surface area contributed by atoms with E-state index in [2.05, 4.69) is 127 Å². The highest BCUT2D eigenvalue weighted by atomic mass is 28.4. The Balaban J connectivity index is 1.93. The zero-order valence-electron chi connectivity index (χ0n) is 31.7. The van der Waals surface area contributed by atoms with Crippen LogP contribution in [0.4, 0.5) is 0 Å². The van der Waals surface area contributed by atoms with Crippen LogP contribution in [0.5, 0.6) is 0 Å². The molecule has 0 spiro atoms. The fraction of sp³-hybridized carbons (Fsp3) is 0.800. The highest BCUT2D eigenvalue weighted by molar-refractivity contribution is 6.74. The predicted octanol–water partition coefficient (Wildman–Crippen LogP) is 12.3. The van der Waals surface area contributed by atoms with Crippen molar-refractivity contribution in [2.45, 2.75) is 176 Å². The van der Waals surface area contributed by atoms with Crippen molar-refractivity contribution in [3.8, 4) is 11.8 Å². The molecule has 2 nitrogen and oxygen atoms in total. The maximum Gasteiger partial charge on any atom is 0.193 e. The first-order valence-electron chi connectivity index (χ1n) is 18.0. The zero-order chi connectivity index (χ0) is 33.5. The van der Waals surface area contributed by atoms with Gasteiger partial charge in [0.25, 0.3) is 0 Å². The van der Waals surface area contributed by atoms with Crippen LogP contribution in [0.1, 0.15) is 128 Å². The van der Waals surface area contributed by atoms with E-state index < -0.39 is 16.6 Å². The summed E-state index contributed by atoms with van der Waals surface area (Å²) in [6, 6.07) is 0. The average molecular weight is 639 g/mol. The summed E-state index contributed by atoms with van der Waals surface area (Å²) in [6.07, 6.45) is 12.3. The molecule has 0 aromatic rings. The lowest BCUT2D eigenvalue weighted by atomic mass is 9.62. The normalized spacial score (nSPS) is 29.4. The van der Waals surface area contributed by atoms with E-state index in [0.717, 1.165) is 36.2 Å². The molecule has 0 N–H and O–H groups in total. The first kappa shape index (κ1) is 37.6. The van der Waals surface area contributed by atoms with Crippen LogP contribution in [0.15, 0.2) is 34.9 Å². The lowest BCUT2D eigenvalue weighted by Crippen LogP contribution is -2.50. The average Bonchev–Trinajstić information content (AvgIpc) is 3.23. The Morgan fingerprint density at radius 2 is 1.52 bits per heavy atom. The summed E-state index contributed by atoms with van der Waals surface area (Å²) in [5, 5.41) is 0.252. The molecule has 3 rings (SSSR count). The van der Waals surface area contributed by atoms with Crippen molar-refractivity contribution in [1.82, 2.24) is 0 Å². The van der Waals surface area contributed by atoms with Gasteiger partial charge in [0.2, 0.25) is 0 Å². The van der Waals surface area contributed by atoms with Crippen LogP contribution in [0.3, 0.4) is 0 Å². The van der Waals surface area contributed by atoms with Crippen molar-refractivity contribution in [3.63, 3.8) is 0 Å². The summed E-state index contributed by atoms with van der Waals surface area (Å²) in [5.74, 6) is 10.6. The number of fused-ring (bicyclic) bond motifs is 1. The highest BCUT2D eigenvalue weighted by Crippen LogP contribution is 2.58. The minimum atomic E-state index is -2.05. The van der Waals surface area contributed by atoms with Gasteiger partial charge in [-0.1, -0.05) is 113 Å². The van der Waals surface area contributed by atoms with Gasteiger partial charge in [0.05, 0.1) is 12.2 Å². The third kappa shape index (κ3) is 8.16. The maximum absolute atomic E-state index is 7.13. The molecule has 0 aromatic carbocycles. The number of allylic oxidation sites excluding steroid dienone is 2. The minimum Gasteiger partial charge on any atom is -0.410 e. The van der Waals surface area contributed by atoms with E-state index >= 15 is 0 Å². The van der Waals surface area contributed by atoms with E-state index in [0.29, 0.717) is 11.3 Å². The monoisotopic (exact) mass is 638 g/mol. The molecular formula is C40H70O2Si2. The quantitative estimate of drug-likeness (QED) is 0.142. The van der Waals surface area contributed by atoms with Gasteiger partial charge in [-0.15, -0.1) is 0 Å². The fourth-order valence-electron chi connectivity index (χ4n) is 7.60. The zero-order valence-corrected chi connectivity index (χ0v) is 33.7. The Bertz CT molecular complexity index is 1160. The summed E-state index contributed by atoms with van der Waals surface area (Å²) < 4.78 is 14.2. The van der Waals surface area contributed by atoms with Gasteiger partial charge in [0, 0.05) is 17.6 Å². The van der Waals surface area contributed by atoms with Gasteiger partial charge in [-0.3, -0.25) is 0 Å². The third-order valence-electron chi connectivity index (χ3n) is 12.8. The summed E-state index contributed by atoms with van der Waals surface area (Å²) in [6.45, 7) is 40.1. The summed E-state index contributed by atoms with van der Waals surface area (Å²) in [5.41, 5.74) is 5.35. The van der Waals surface area contributed by atoms with E-state index in [1.807, 2.05) is 0 Å². The predicted molar refractivity (Wildman–Crippen MR) is 198 cm³/mol. The molecule has 0 saturated heterocycles. The van der Waals surface area contributed by atoms with Gasteiger partial charge in [0.15, 0.2) is 16.6 Å². The van der Waals surface area contributed by atoms with E-state index in [1.54, 1.807) is 0 Å². The molecule has 250 valence electrons. The maximum atomic E-state index is 7.13. The van der Waals surface area contributed by atoms with E-state index in [4.69, 9.17) is 8.85 Å². The van der Waals surface area contributed by atoms with Crippen LogP contribution >= 0.6 is 0 Å². The molecule has 6 atom stereocenters. The molecule has 0 radical (unpaired) electrons. The van der Waals surface area contributed by atoms with Crippen LogP contribution in [-0.4, -0.2) is 28.8 Å². The molecule has 0 aromatic heterocycles. The SMILES string of the molecule is C=C1[C@H](O[Si](C)(C)C(C)(C)C)C(C)=C(C#CC2=CCC[C@]3(C)[C@@H]([C@H](C)CCCC(C)C)CC[C@@H]23)C[C@H]1O[Si](C)(C)C(C)(C)C. The van der Waals surface area contributed by atoms with Crippen LogP contribution in [0.2, 0.25) is 36.3 Å². The van der Waals surface area contributed by atoms with E-state index in [-0.39, 0.29) is 22.3 Å². The van der Waals surface area contributed by atoms with Crippen LogP contribution < -0.4 is 0 Å². The second-order valence-corrected chi connectivity index (χ2v) is 28.1. The number of rotatable bonds is 9. The number of hydrogen-bond donors (Lipinski definition) is 0. The lowest BCUT2D eigenvalue weighted by Gasteiger charge is -2.46. The van der Waals surface area contributed by atoms with Crippen LogP contribution in [0, 0.1) is 40.9 Å². The van der Waals surface area contributed by atoms with Crippen molar-refractivity contribution in [1.29, 1.82) is 0 Å². The smallest absolute Gasteiger partial charge is 0.193 e. The Kier molecular flexibility index (Phi) is 11.7.